The molecule has 0 rings (SSSR count). The highest BCUT2D eigenvalue weighted by molar-refractivity contribution is 5.93. The van der Waals surface area contributed by atoms with Crippen molar-refractivity contribution in [2.75, 3.05) is 6.54 Å². The van der Waals surface area contributed by atoms with Crippen molar-refractivity contribution < 1.29 is 14.7 Å². The maximum Gasteiger partial charge on any atom is 0.234 e. The summed E-state index contributed by atoms with van der Waals surface area (Å²) in [6.07, 6.45) is 3.27. The Balaban J connectivity index is 3.78. The number of hydrogen-bond acceptors (Lipinski definition) is 4. The molecule has 4 heteroatoms. The van der Waals surface area contributed by atoms with Gasteiger partial charge in [-0.25, -0.2) is 9.79 Å². The van der Waals surface area contributed by atoms with E-state index in [1.807, 2.05) is 0 Å². The Hall–Kier alpha value is -1.25. The van der Waals surface area contributed by atoms with E-state index in [4.69, 9.17) is 5.11 Å². The van der Waals surface area contributed by atoms with Gasteiger partial charge in [-0.3, -0.25) is 4.79 Å². The molecular weight excluding hydrogens is 158 g/mol. The summed E-state index contributed by atoms with van der Waals surface area (Å²) in [7, 11) is 0. The number of aliphatic hydroxyl groups is 1. The third kappa shape index (κ3) is 4.55. The lowest BCUT2D eigenvalue weighted by Gasteiger charge is -2.02. The molecule has 0 fully saturated rings. The van der Waals surface area contributed by atoms with E-state index in [0.29, 0.717) is 0 Å². The summed E-state index contributed by atoms with van der Waals surface area (Å²) in [5, 5.41) is 9.08. The van der Waals surface area contributed by atoms with Gasteiger partial charge in [-0.15, -0.1) is 0 Å². The maximum absolute atomic E-state index is 10.9. The SMILES string of the molecule is CC=CC(=O)C(O)CCN=C=O. The molecule has 4 nitrogen and oxygen atoms in total. The normalized spacial score (nSPS) is 12.5. The standard InChI is InChI=1S/C8H11NO3/c1-2-3-7(11)8(12)4-5-9-6-10/h2-3,8,12H,4-5H2,1H3. The van der Waals surface area contributed by atoms with Crippen molar-refractivity contribution in [2.45, 2.75) is 19.4 Å². The van der Waals surface area contributed by atoms with E-state index in [1.165, 1.54) is 12.2 Å². The molecule has 66 valence electrons. The third-order valence-electron chi connectivity index (χ3n) is 1.24. The van der Waals surface area contributed by atoms with Crippen LogP contribution >= 0.6 is 0 Å². The Morgan fingerprint density at radius 1 is 1.75 bits per heavy atom. The number of allylic oxidation sites excluding steroid dienone is 1. The predicted octanol–water partition coefficient (Wildman–Crippen LogP) is 0.218. The van der Waals surface area contributed by atoms with Crippen molar-refractivity contribution >= 4 is 11.9 Å². The predicted molar refractivity (Wildman–Crippen MR) is 43.4 cm³/mol. The largest absolute Gasteiger partial charge is 0.385 e. The quantitative estimate of drug-likeness (QED) is 0.363. The lowest BCUT2D eigenvalue weighted by atomic mass is 10.1. The maximum atomic E-state index is 10.9. The van der Waals surface area contributed by atoms with Crippen molar-refractivity contribution in [3.63, 3.8) is 0 Å². The fourth-order valence-corrected chi connectivity index (χ4v) is 0.650. The van der Waals surface area contributed by atoms with E-state index in [2.05, 4.69) is 4.99 Å². The number of nitrogens with zero attached hydrogens (tertiary/aromatic N) is 1. The van der Waals surface area contributed by atoms with Crippen molar-refractivity contribution in [3.05, 3.63) is 12.2 Å². The van der Waals surface area contributed by atoms with Crippen molar-refractivity contribution in [1.82, 2.24) is 0 Å². The second-order valence-corrected chi connectivity index (χ2v) is 2.18. The van der Waals surface area contributed by atoms with Crippen LogP contribution in [0, 0.1) is 0 Å². The molecule has 0 aliphatic rings. The number of carbonyl (C=O) groups is 1. The van der Waals surface area contributed by atoms with E-state index in [9.17, 15) is 9.59 Å². The molecule has 0 saturated heterocycles. The monoisotopic (exact) mass is 169 g/mol. The van der Waals surface area contributed by atoms with Gasteiger partial charge in [0.2, 0.25) is 6.08 Å². The fourth-order valence-electron chi connectivity index (χ4n) is 0.650. The highest BCUT2D eigenvalue weighted by Crippen LogP contribution is 1.94. The fraction of sp³-hybridized carbons (Fsp3) is 0.500. The van der Waals surface area contributed by atoms with Gasteiger partial charge in [0, 0.05) is 6.42 Å². The van der Waals surface area contributed by atoms with E-state index < -0.39 is 6.10 Å². The highest BCUT2D eigenvalue weighted by Gasteiger charge is 2.09. The lowest BCUT2D eigenvalue weighted by Crippen LogP contribution is -2.18. The minimum absolute atomic E-state index is 0.133. The van der Waals surface area contributed by atoms with Crippen LogP contribution in [-0.4, -0.2) is 29.6 Å². The van der Waals surface area contributed by atoms with Gasteiger partial charge in [0.1, 0.15) is 6.10 Å². The molecule has 0 heterocycles. The molecule has 0 saturated carbocycles. The second kappa shape index (κ2) is 6.46. The van der Waals surface area contributed by atoms with Crippen LogP contribution in [-0.2, 0) is 9.59 Å². The topological polar surface area (TPSA) is 66.7 Å². The number of hydrogen-bond donors (Lipinski definition) is 1. The Labute approximate surface area is 70.6 Å². The summed E-state index contributed by atoms with van der Waals surface area (Å²) in [6, 6.07) is 0. The zero-order valence-electron chi connectivity index (χ0n) is 6.86. The van der Waals surface area contributed by atoms with Gasteiger partial charge in [-0.2, -0.15) is 0 Å². The number of aliphatic hydroxyl groups excluding tert-OH is 1. The third-order valence-corrected chi connectivity index (χ3v) is 1.24. The molecule has 0 aromatic rings. The molecule has 0 aromatic carbocycles. The average Bonchev–Trinajstić information content (AvgIpc) is 2.05. The molecule has 0 radical (unpaired) electrons. The molecule has 0 amide bonds. The molecule has 0 bridgehead atoms. The summed E-state index contributed by atoms with van der Waals surface area (Å²) < 4.78 is 0. The smallest absolute Gasteiger partial charge is 0.234 e. The summed E-state index contributed by atoms with van der Waals surface area (Å²) in [5.74, 6) is -0.362. The first-order valence-corrected chi connectivity index (χ1v) is 3.60. The van der Waals surface area contributed by atoms with Crippen LogP contribution in [0.3, 0.4) is 0 Å². The van der Waals surface area contributed by atoms with Gasteiger partial charge in [-0.05, 0) is 13.0 Å². The van der Waals surface area contributed by atoms with Crippen LogP contribution in [0.15, 0.2) is 17.1 Å². The van der Waals surface area contributed by atoms with Crippen LogP contribution < -0.4 is 0 Å². The lowest BCUT2D eigenvalue weighted by molar-refractivity contribution is -0.122. The van der Waals surface area contributed by atoms with E-state index >= 15 is 0 Å². The Bertz CT molecular complexity index is 216. The highest BCUT2D eigenvalue weighted by atomic mass is 16.3. The van der Waals surface area contributed by atoms with E-state index in [0.717, 1.165) is 0 Å². The second-order valence-electron chi connectivity index (χ2n) is 2.18. The van der Waals surface area contributed by atoms with Crippen LogP contribution in [0.5, 0.6) is 0 Å². The first kappa shape index (κ1) is 10.8. The van der Waals surface area contributed by atoms with Crippen molar-refractivity contribution in [1.29, 1.82) is 0 Å². The number of rotatable bonds is 5. The van der Waals surface area contributed by atoms with E-state index in [-0.39, 0.29) is 18.7 Å². The number of ketones is 1. The first-order valence-electron chi connectivity index (χ1n) is 3.60. The van der Waals surface area contributed by atoms with Gasteiger partial charge in [0.25, 0.3) is 0 Å². The number of aliphatic imine (C=N–C) groups is 1. The van der Waals surface area contributed by atoms with E-state index in [1.54, 1.807) is 13.0 Å². The molecule has 1 atom stereocenters. The molecule has 1 N–H and O–H groups in total. The summed E-state index contributed by atoms with van der Waals surface area (Å²) in [5.41, 5.74) is 0. The van der Waals surface area contributed by atoms with Gasteiger partial charge >= 0.3 is 0 Å². The number of carbonyl (C=O) groups excluding carboxylic acids is 2. The Morgan fingerprint density at radius 3 is 2.92 bits per heavy atom. The molecule has 0 spiro atoms. The average molecular weight is 169 g/mol. The van der Waals surface area contributed by atoms with Crippen molar-refractivity contribution in [3.8, 4) is 0 Å². The molecule has 0 aliphatic heterocycles. The van der Waals surface area contributed by atoms with Crippen LogP contribution in [0.1, 0.15) is 13.3 Å². The minimum atomic E-state index is -1.06. The van der Waals surface area contributed by atoms with Gasteiger partial charge in [-0.1, -0.05) is 6.08 Å². The van der Waals surface area contributed by atoms with Crippen LogP contribution in [0.2, 0.25) is 0 Å². The van der Waals surface area contributed by atoms with Crippen LogP contribution in [0.4, 0.5) is 0 Å². The molecular formula is C8H11NO3. The van der Waals surface area contributed by atoms with Gasteiger partial charge in [0.15, 0.2) is 5.78 Å². The summed E-state index contributed by atoms with van der Waals surface area (Å²) >= 11 is 0. The Morgan fingerprint density at radius 2 is 2.42 bits per heavy atom. The van der Waals surface area contributed by atoms with Crippen molar-refractivity contribution in [2.24, 2.45) is 4.99 Å². The minimum Gasteiger partial charge on any atom is -0.385 e. The molecule has 0 aromatic heterocycles. The Kier molecular flexibility index (Phi) is 5.79. The molecule has 12 heavy (non-hydrogen) atoms. The zero-order valence-corrected chi connectivity index (χ0v) is 6.86. The molecule has 0 aliphatic carbocycles. The summed E-state index contributed by atoms with van der Waals surface area (Å²) in [6.45, 7) is 1.82. The zero-order chi connectivity index (χ0) is 9.40. The first-order chi connectivity index (χ1) is 5.72. The van der Waals surface area contributed by atoms with Gasteiger partial charge < -0.3 is 5.11 Å². The van der Waals surface area contributed by atoms with Gasteiger partial charge in [0.05, 0.1) is 6.54 Å². The van der Waals surface area contributed by atoms with Crippen LogP contribution in [0.25, 0.3) is 0 Å². The summed E-state index contributed by atoms with van der Waals surface area (Å²) in [4.78, 5) is 23.7. The number of isocyanates is 1. The molecule has 1 unspecified atom stereocenters.